The molecule has 0 aliphatic heterocycles. The van der Waals surface area contributed by atoms with Crippen molar-refractivity contribution in [1.29, 1.82) is 0 Å². The number of carboxylic acids is 2. The third-order valence-electron chi connectivity index (χ3n) is 2.87. The summed E-state index contributed by atoms with van der Waals surface area (Å²) >= 11 is 0. The first kappa shape index (κ1) is 13.8. The Balaban J connectivity index is 2.39. The largest absolute Gasteiger partial charge is 0.481 e. The zero-order valence-corrected chi connectivity index (χ0v) is 10.7. The van der Waals surface area contributed by atoms with Gasteiger partial charge in [0.15, 0.2) is 0 Å². The summed E-state index contributed by atoms with van der Waals surface area (Å²) in [5.74, 6) is -1.98. The molecule has 6 nitrogen and oxygen atoms in total. The standard InChI is InChI=1S/C14H14N2O4/c17-12(18)6-8-16(9-13(19)20)11-5-1-3-10-4-2-7-15-14(10)11/h1-5,7H,6,8-9H2,(H,17,18)(H,19,20). The van der Waals surface area contributed by atoms with Gasteiger partial charge in [-0.05, 0) is 12.1 Å². The molecule has 2 N–H and O–H groups in total. The minimum atomic E-state index is -1.01. The number of pyridine rings is 1. The van der Waals surface area contributed by atoms with Gasteiger partial charge in [0.25, 0.3) is 0 Å². The first-order valence-corrected chi connectivity index (χ1v) is 6.10. The quantitative estimate of drug-likeness (QED) is 0.831. The number of aliphatic carboxylic acids is 2. The van der Waals surface area contributed by atoms with Crippen LogP contribution in [-0.4, -0.2) is 40.2 Å². The van der Waals surface area contributed by atoms with Crippen LogP contribution in [0.4, 0.5) is 5.69 Å². The Morgan fingerprint density at radius 2 is 1.85 bits per heavy atom. The Morgan fingerprint density at radius 3 is 2.55 bits per heavy atom. The van der Waals surface area contributed by atoms with Gasteiger partial charge in [0.05, 0.1) is 17.6 Å². The van der Waals surface area contributed by atoms with Crippen LogP contribution in [0.3, 0.4) is 0 Å². The smallest absolute Gasteiger partial charge is 0.323 e. The summed E-state index contributed by atoms with van der Waals surface area (Å²) in [7, 11) is 0. The van der Waals surface area contributed by atoms with Crippen LogP contribution in [0, 0.1) is 0 Å². The molecule has 2 rings (SSSR count). The molecule has 1 aromatic heterocycles. The number of rotatable bonds is 6. The number of hydrogen-bond donors (Lipinski definition) is 2. The highest BCUT2D eigenvalue weighted by Crippen LogP contribution is 2.24. The first-order chi connectivity index (χ1) is 9.58. The molecule has 0 aliphatic rings. The molecular formula is C14H14N2O4. The number of fused-ring (bicyclic) bond motifs is 1. The number of hydrogen-bond acceptors (Lipinski definition) is 4. The van der Waals surface area contributed by atoms with Crippen LogP contribution >= 0.6 is 0 Å². The Bertz CT molecular complexity index is 637. The monoisotopic (exact) mass is 274 g/mol. The zero-order chi connectivity index (χ0) is 14.5. The van der Waals surface area contributed by atoms with E-state index in [-0.39, 0.29) is 19.5 Å². The molecule has 0 unspecified atom stereocenters. The maximum Gasteiger partial charge on any atom is 0.323 e. The summed E-state index contributed by atoms with van der Waals surface area (Å²) in [5, 5.41) is 18.6. The molecule has 1 aromatic carbocycles. The van der Waals surface area contributed by atoms with E-state index in [1.807, 2.05) is 12.1 Å². The van der Waals surface area contributed by atoms with E-state index in [0.29, 0.717) is 11.2 Å². The summed E-state index contributed by atoms with van der Waals surface area (Å²) < 4.78 is 0. The minimum Gasteiger partial charge on any atom is -0.481 e. The molecule has 0 aliphatic carbocycles. The third-order valence-corrected chi connectivity index (χ3v) is 2.87. The number of para-hydroxylation sites is 1. The van der Waals surface area contributed by atoms with E-state index in [0.717, 1.165) is 5.39 Å². The Labute approximate surface area is 115 Å². The van der Waals surface area contributed by atoms with E-state index in [2.05, 4.69) is 4.98 Å². The van der Waals surface area contributed by atoms with Crippen molar-refractivity contribution in [3.8, 4) is 0 Å². The third kappa shape index (κ3) is 3.23. The number of carboxylic acid groups (broad SMARTS) is 2. The highest BCUT2D eigenvalue weighted by Gasteiger charge is 2.15. The van der Waals surface area contributed by atoms with E-state index >= 15 is 0 Å². The fourth-order valence-electron chi connectivity index (χ4n) is 2.02. The van der Waals surface area contributed by atoms with E-state index in [9.17, 15) is 9.59 Å². The van der Waals surface area contributed by atoms with Crippen LogP contribution in [0.15, 0.2) is 36.5 Å². The van der Waals surface area contributed by atoms with E-state index in [1.54, 1.807) is 24.4 Å². The van der Waals surface area contributed by atoms with E-state index in [4.69, 9.17) is 10.2 Å². The van der Waals surface area contributed by atoms with Crippen molar-refractivity contribution in [2.45, 2.75) is 6.42 Å². The molecule has 2 aromatic rings. The normalized spacial score (nSPS) is 10.4. The lowest BCUT2D eigenvalue weighted by molar-refractivity contribution is -0.138. The predicted molar refractivity (Wildman–Crippen MR) is 73.8 cm³/mol. The summed E-state index contributed by atoms with van der Waals surface area (Å²) in [5.41, 5.74) is 1.30. The molecule has 1 heterocycles. The SMILES string of the molecule is O=C(O)CCN(CC(=O)O)c1cccc2cccnc12. The van der Waals surface area contributed by atoms with Gasteiger partial charge in [-0.2, -0.15) is 0 Å². The molecular weight excluding hydrogens is 260 g/mol. The Kier molecular flexibility index (Phi) is 4.14. The molecule has 6 heteroatoms. The van der Waals surface area contributed by atoms with Crippen LogP contribution in [0.5, 0.6) is 0 Å². The number of aromatic nitrogens is 1. The molecule has 0 saturated heterocycles. The van der Waals surface area contributed by atoms with Gasteiger partial charge >= 0.3 is 11.9 Å². The average Bonchev–Trinajstić information content (AvgIpc) is 2.42. The van der Waals surface area contributed by atoms with Crippen LogP contribution in [0.2, 0.25) is 0 Å². The molecule has 0 saturated carbocycles. The summed E-state index contributed by atoms with van der Waals surface area (Å²) in [6.45, 7) is -0.139. The number of benzene rings is 1. The molecule has 0 fully saturated rings. The van der Waals surface area contributed by atoms with Crippen molar-refractivity contribution in [1.82, 2.24) is 4.98 Å². The van der Waals surface area contributed by atoms with Crippen LogP contribution < -0.4 is 4.90 Å². The van der Waals surface area contributed by atoms with Crippen molar-refractivity contribution in [2.24, 2.45) is 0 Å². The summed E-state index contributed by atoms with van der Waals surface area (Å²) in [6, 6.07) is 9.10. The van der Waals surface area contributed by atoms with Crippen molar-refractivity contribution < 1.29 is 19.8 Å². The van der Waals surface area contributed by atoms with E-state index < -0.39 is 11.9 Å². The van der Waals surface area contributed by atoms with Gasteiger partial charge in [-0.3, -0.25) is 14.6 Å². The van der Waals surface area contributed by atoms with Crippen LogP contribution in [0.25, 0.3) is 10.9 Å². The van der Waals surface area contributed by atoms with Crippen molar-refractivity contribution in [2.75, 3.05) is 18.0 Å². The van der Waals surface area contributed by atoms with Crippen molar-refractivity contribution in [3.63, 3.8) is 0 Å². The molecule has 0 atom stereocenters. The lowest BCUT2D eigenvalue weighted by Crippen LogP contribution is -2.32. The lowest BCUT2D eigenvalue weighted by atomic mass is 10.1. The van der Waals surface area contributed by atoms with Gasteiger partial charge in [0, 0.05) is 18.1 Å². The summed E-state index contributed by atoms with van der Waals surface area (Å²) in [4.78, 5) is 27.4. The number of carbonyl (C=O) groups is 2. The molecule has 104 valence electrons. The molecule has 0 radical (unpaired) electrons. The first-order valence-electron chi connectivity index (χ1n) is 6.10. The van der Waals surface area contributed by atoms with Gasteiger partial charge in [-0.15, -0.1) is 0 Å². The maximum absolute atomic E-state index is 11.0. The topological polar surface area (TPSA) is 90.7 Å². The molecule has 0 bridgehead atoms. The zero-order valence-electron chi connectivity index (χ0n) is 10.7. The van der Waals surface area contributed by atoms with Crippen molar-refractivity contribution in [3.05, 3.63) is 36.5 Å². The second kappa shape index (κ2) is 6.01. The second-order valence-corrected chi connectivity index (χ2v) is 4.31. The number of nitrogens with zero attached hydrogens (tertiary/aromatic N) is 2. The maximum atomic E-state index is 11.0. The number of anilines is 1. The molecule has 0 amide bonds. The van der Waals surface area contributed by atoms with Crippen LogP contribution in [-0.2, 0) is 9.59 Å². The van der Waals surface area contributed by atoms with E-state index in [1.165, 1.54) is 4.90 Å². The fraction of sp³-hybridized carbons (Fsp3) is 0.214. The lowest BCUT2D eigenvalue weighted by Gasteiger charge is -2.23. The fourth-order valence-corrected chi connectivity index (χ4v) is 2.02. The Hall–Kier alpha value is -2.63. The minimum absolute atomic E-state index is 0.122. The summed E-state index contributed by atoms with van der Waals surface area (Å²) in [6.07, 6.45) is 1.50. The predicted octanol–water partition coefficient (Wildman–Crippen LogP) is 1.60. The average molecular weight is 274 g/mol. The Morgan fingerprint density at radius 1 is 1.10 bits per heavy atom. The van der Waals surface area contributed by atoms with Gasteiger partial charge in [0.1, 0.15) is 6.54 Å². The van der Waals surface area contributed by atoms with Crippen molar-refractivity contribution >= 4 is 28.5 Å². The molecule has 20 heavy (non-hydrogen) atoms. The van der Waals surface area contributed by atoms with Crippen LogP contribution in [0.1, 0.15) is 6.42 Å². The second-order valence-electron chi connectivity index (χ2n) is 4.31. The molecule has 0 spiro atoms. The van der Waals surface area contributed by atoms with Gasteiger partial charge in [0.2, 0.25) is 0 Å². The van der Waals surface area contributed by atoms with Gasteiger partial charge in [-0.1, -0.05) is 18.2 Å². The highest BCUT2D eigenvalue weighted by atomic mass is 16.4. The van der Waals surface area contributed by atoms with Gasteiger partial charge < -0.3 is 15.1 Å². The highest BCUT2D eigenvalue weighted by molar-refractivity contribution is 5.92. The van der Waals surface area contributed by atoms with Gasteiger partial charge in [-0.25, -0.2) is 0 Å².